The van der Waals surface area contributed by atoms with Crippen LogP contribution < -0.4 is 4.74 Å². The summed E-state index contributed by atoms with van der Waals surface area (Å²) in [5, 5.41) is 8.76. The van der Waals surface area contributed by atoms with E-state index in [1.54, 1.807) is 0 Å². The summed E-state index contributed by atoms with van der Waals surface area (Å²) >= 11 is 10.8. The fraction of sp³-hybridized carbons (Fsp3) is 0.133. The minimum atomic E-state index is -0.997. The predicted molar refractivity (Wildman–Crippen MR) is 89.2 cm³/mol. The van der Waals surface area contributed by atoms with Gasteiger partial charge in [-0.3, -0.25) is 0 Å². The maximum atomic E-state index is 10.7. The number of carboxylic acids is 1. The van der Waals surface area contributed by atoms with E-state index in [-0.39, 0.29) is 0 Å². The van der Waals surface area contributed by atoms with Gasteiger partial charge in [-0.05, 0) is 42.8 Å². The molecule has 0 atom stereocenters. The quantitative estimate of drug-likeness (QED) is 0.722. The van der Waals surface area contributed by atoms with Crippen molar-refractivity contribution in [3.8, 4) is 5.75 Å². The molecule has 3 nitrogen and oxygen atoms in total. The second-order valence-corrected chi connectivity index (χ2v) is 7.02. The Morgan fingerprint density at radius 3 is 2.86 bits per heavy atom. The number of hydrogen-bond donors (Lipinski definition) is 1. The molecule has 0 radical (unpaired) electrons. The Labute approximate surface area is 140 Å². The number of aliphatic carboxylic acids is 1. The highest BCUT2D eigenvalue weighted by atomic mass is 79.9. The van der Waals surface area contributed by atoms with Crippen LogP contribution >= 0.6 is 38.9 Å². The number of thiophene rings is 1. The first-order valence-corrected chi connectivity index (χ1v) is 8.02. The third-order valence-electron chi connectivity index (χ3n) is 2.66. The minimum absolute atomic E-state index is 0.397. The minimum Gasteiger partial charge on any atom is -0.487 e. The Kier molecular flexibility index (Phi) is 5.45. The van der Waals surface area contributed by atoms with Gasteiger partial charge in [-0.1, -0.05) is 27.5 Å². The molecule has 0 aliphatic heterocycles. The third kappa shape index (κ3) is 4.59. The topological polar surface area (TPSA) is 46.5 Å². The first-order chi connectivity index (χ1) is 9.95. The normalized spacial score (nSPS) is 11.0. The van der Waals surface area contributed by atoms with E-state index in [0.717, 1.165) is 21.0 Å². The summed E-state index contributed by atoms with van der Waals surface area (Å²) in [6.45, 7) is 2.31. The second kappa shape index (κ2) is 7.11. The molecule has 0 aliphatic carbocycles. The maximum absolute atomic E-state index is 10.7. The lowest BCUT2D eigenvalue weighted by molar-refractivity contribution is -0.131. The van der Waals surface area contributed by atoms with Crippen LogP contribution in [-0.4, -0.2) is 11.1 Å². The highest BCUT2D eigenvalue weighted by Gasteiger charge is 2.09. The van der Waals surface area contributed by atoms with Gasteiger partial charge in [0.2, 0.25) is 0 Å². The van der Waals surface area contributed by atoms with E-state index in [0.29, 0.717) is 22.3 Å². The Hall–Kier alpha value is -1.30. The highest BCUT2D eigenvalue weighted by molar-refractivity contribution is 9.10. The van der Waals surface area contributed by atoms with Gasteiger partial charge in [0.25, 0.3) is 0 Å². The molecule has 110 valence electrons. The van der Waals surface area contributed by atoms with Gasteiger partial charge in [-0.15, -0.1) is 11.3 Å². The zero-order valence-corrected chi connectivity index (χ0v) is 14.3. The van der Waals surface area contributed by atoms with Gasteiger partial charge >= 0.3 is 5.97 Å². The molecule has 1 heterocycles. The van der Waals surface area contributed by atoms with E-state index in [9.17, 15) is 4.79 Å². The number of carbonyl (C=O) groups is 1. The summed E-state index contributed by atoms with van der Waals surface area (Å²) in [4.78, 5) is 11.7. The van der Waals surface area contributed by atoms with E-state index < -0.39 is 5.97 Å². The fourth-order valence-corrected chi connectivity index (χ4v) is 3.40. The molecule has 0 bridgehead atoms. The molecular formula is C15H12BrClO3S. The molecular weight excluding hydrogens is 376 g/mol. The Morgan fingerprint density at radius 2 is 2.24 bits per heavy atom. The lowest BCUT2D eigenvalue weighted by atomic mass is 10.1. The van der Waals surface area contributed by atoms with Gasteiger partial charge < -0.3 is 9.84 Å². The molecule has 6 heteroatoms. The number of ether oxygens (including phenoxy) is 1. The van der Waals surface area contributed by atoms with Crippen molar-refractivity contribution in [3.05, 3.63) is 55.2 Å². The van der Waals surface area contributed by atoms with E-state index in [2.05, 4.69) is 15.9 Å². The average molecular weight is 388 g/mol. The van der Waals surface area contributed by atoms with Crippen molar-refractivity contribution < 1.29 is 14.6 Å². The summed E-state index contributed by atoms with van der Waals surface area (Å²) < 4.78 is 7.43. The standard InChI is InChI=1S/C15H12BrClO3S/c1-9-6-11(16)7-10(2-5-14(18)19)15(9)20-8-12-3-4-13(17)21-12/h2-7H,8H2,1H3,(H,18,19)/b5-2+. The number of halogens is 2. The molecule has 1 aromatic heterocycles. The van der Waals surface area contributed by atoms with Gasteiger partial charge in [0.15, 0.2) is 0 Å². The Balaban J connectivity index is 2.26. The highest BCUT2D eigenvalue weighted by Crippen LogP contribution is 2.31. The van der Waals surface area contributed by atoms with Crippen LogP contribution in [0.15, 0.2) is 34.8 Å². The number of aryl methyl sites for hydroxylation is 1. The molecule has 0 fully saturated rings. The Morgan fingerprint density at radius 1 is 1.48 bits per heavy atom. The van der Waals surface area contributed by atoms with Crippen LogP contribution in [0.2, 0.25) is 4.34 Å². The third-order valence-corrected chi connectivity index (χ3v) is 4.32. The summed E-state index contributed by atoms with van der Waals surface area (Å²) in [7, 11) is 0. The SMILES string of the molecule is Cc1cc(Br)cc(/C=C/C(=O)O)c1OCc1ccc(Cl)s1. The Bertz CT molecular complexity index is 694. The predicted octanol–water partition coefficient (Wildman–Crippen LogP) is 5.15. The van der Waals surface area contributed by atoms with Crippen molar-refractivity contribution in [1.29, 1.82) is 0 Å². The van der Waals surface area contributed by atoms with Crippen molar-refractivity contribution in [1.82, 2.24) is 0 Å². The molecule has 0 amide bonds. The van der Waals surface area contributed by atoms with Crippen LogP contribution in [0, 0.1) is 6.92 Å². The van der Waals surface area contributed by atoms with Crippen molar-refractivity contribution >= 4 is 50.9 Å². The van der Waals surface area contributed by atoms with E-state index >= 15 is 0 Å². The van der Waals surface area contributed by atoms with Gasteiger partial charge in [0.05, 0.1) is 4.34 Å². The number of rotatable bonds is 5. The molecule has 0 saturated carbocycles. The van der Waals surface area contributed by atoms with Gasteiger partial charge in [0, 0.05) is 21.0 Å². The summed E-state index contributed by atoms with van der Waals surface area (Å²) in [6.07, 6.45) is 2.62. The monoisotopic (exact) mass is 386 g/mol. The lowest BCUT2D eigenvalue weighted by Gasteiger charge is -2.12. The lowest BCUT2D eigenvalue weighted by Crippen LogP contribution is -1.98. The van der Waals surface area contributed by atoms with Crippen molar-refractivity contribution in [3.63, 3.8) is 0 Å². The molecule has 21 heavy (non-hydrogen) atoms. The molecule has 0 spiro atoms. The first kappa shape index (κ1) is 16.1. The smallest absolute Gasteiger partial charge is 0.328 e. The van der Waals surface area contributed by atoms with Crippen LogP contribution in [0.5, 0.6) is 5.75 Å². The zero-order chi connectivity index (χ0) is 15.4. The molecule has 2 rings (SSSR count). The van der Waals surface area contributed by atoms with Gasteiger partial charge in [0.1, 0.15) is 12.4 Å². The molecule has 1 aromatic carbocycles. The number of hydrogen-bond acceptors (Lipinski definition) is 3. The first-order valence-electron chi connectivity index (χ1n) is 6.04. The second-order valence-electron chi connectivity index (χ2n) is 4.31. The molecule has 2 aromatic rings. The van der Waals surface area contributed by atoms with Crippen LogP contribution in [0.25, 0.3) is 6.08 Å². The van der Waals surface area contributed by atoms with E-state index in [1.807, 2.05) is 31.2 Å². The van der Waals surface area contributed by atoms with Crippen LogP contribution in [-0.2, 0) is 11.4 Å². The number of benzene rings is 1. The van der Waals surface area contributed by atoms with Gasteiger partial charge in [-0.2, -0.15) is 0 Å². The molecule has 1 N–H and O–H groups in total. The van der Waals surface area contributed by atoms with Crippen molar-refractivity contribution in [2.45, 2.75) is 13.5 Å². The van der Waals surface area contributed by atoms with Crippen LogP contribution in [0.1, 0.15) is 16.0 Å². The molecule has 0 aliphatic rings. The van der Waals surface area contributed by atoms with Gasteiger partial charge in [-0.25, -0.2) is 4.79 Å². The van der Waals surface area contributed by atoms with E-state index in [4.69, 9.17) is 21.4 Å². The summed E-state index contributed by atoms with van der Waals surface area (Å²) in [5.41, 5.74) is 1.64. The maximum Gasteiger partial charge on any atom is 0.328 e. The molecule has 0 unspecified atom stereocenters. The van der Waals surface area contributed by atoms with Crippen LogP contribution in [0.3, 0.4) is 0 Å². The zero-order valence-electron chi connectivity index (χ0n) is 11.1. The summed E-state index contributed by atoms with van der Waals surface area (Å²) in [6, 6.07) is 7.48. The molecule has 0 saturated heterocycles. The van der Waals surface area contributed by atoms with Crippen LogP contribution in [0.4, 0.5) is 0 Å². The number of carboxylic acid groups (broad SMARTS) is 1. The summed E-state index contributed by atoms with van der Waals surface area (Å²) in [5.74, 6) is -0.330. The van der Waals surface area contributed by atoms with Crippen molar-refractivity contribution in [2.24, 2.45) is 0 Å². The fourth-order valence-electron chi connectivity index (χ4n) is 1.81. The average Bonchev–Trinajstić information content (AvgIpc) is 2.80. The van der Waals surface area contributed by atoms with Crippen molar-refractivity contribution in [2.75, 3.05) is 0 Å². The largest absolute Gasteiger partial charge is 0.487 e. The van der Waals surface area contributed by atoms with E-state index in [1.165, 1.54) is 17.4 Å².